The molecule has 3 nitrogen and oxygen atoms in total. The molecule has 2 heterocycles. The summed E-state index contributed by atoms with van der Waals surface area (Å²) in [6, 6.07) is 0. The van der Waals surface area contributed by atoms with Gasteiger partial charge in [0, 0.05) is 31.6 Å². The molecule has 1 fully saturated rings. The van der Waals surface area contributed by atoms with E-state index in [1.165, 1.54) is 4.24 Å². The topological polar surface area (TPSA) is 41.3 Å². The first-order valence-corrected chi connectivity index (χ1v) is 7.98. The van der Waals surface area contributed by atoms with E-state index in [0.717, 1.165) is 18.8 Å². The number of nitrogens with two attached hydrogens (primary N) is 1. The van der Waals surface area contributed by atoms with Gasteiger partial charge in [0.15, 0.2) is 0 Å². The zero-order valence-corrected chi connectivity index (χ0v) is 12.1. The molecule has 2 atom stereocenters. The number of nitrogens with zero attached hydrogens (tertiary/aromatic N) is 1. The highest BCUT2D eigenvalue weighted by Crippen LogP contribution is 2.32. The molecule has 0 saturated carbocycles. The standard InChI is InChI=1S/C9H16FN3S2.C2H6/c10-7-1-2-13(6-7)3-4-14-8-5-12-9(11)15-8;1-2/h5,7,9,12H,1-4,6,11H2;1-2H3. The van der Waals surface area contributed by atoms with Gasteiger partial charge >= 0.3 is 0 Å². The first kappa shape index (κ1) is 15.1. The van der Waals surface area contributed by atoms with E-state index in [2.05, 4.69) is 10.2 Å². The van der Waals surface area contributed by atoms with Gasteiger partial charge in [-0.2, -0.15) is 0 Å². The van der Waals surface area contributed by atoms with Crippen molar-refractivity contribution >= 4 is 23.5 Å². The lowest BCUT2D eigenvalue weighted by molar-refractivity contribution is 0.299. The fourth-order valence-electron chi connectivity index (χ4n) is 1.68. The lowest BCUT2D eigenvalue weighted by Gasteiger charge is -2.13. The van der Waals surface area contributed by atoms with Gasteiger partial charge in [0.25, 0.3) is 0 Å². The van der Waals surface area contributed by atoms with Gasteiger partial charge in [-0.05, 0) is 6.42 Å². The zero-order valence-electron chi connectivity index (χ0n) is 10.5. The molecule has 6 heteroatoms. The number of alkyl halides is 1. The molecule has 2 aliphatic heterocycles. The summed E-state index contributed by atoms with van der Waals surface area (Å²) >= 11 is 3.44. The van der Waals surface area contributed by atoms with E-state index in [1.54, 1.807) is 23.5 Å². The van der Waals surface area contributed by atoms with E-state index in [9.17, 15) is 4.39 Å². The summed E-state index contributed by atoms with van der Waals surface area (Å²) in [5, 5.41) is 3.04. The van der Waals surface area contributed by atoms with Gasteiger partial charge in [0.1, 0.15) is 11.7 Å². The van der Waals surface area contributed by atoms with Crippen LogP contribution in [0.5, 0.6) is 0 Å². The van der Waals surface area contributed by atoms with Gasteiger partial charge in [-0.25, -0.2) is 4.39 Å². The van der Waals surface area contributed by atoms with Crippen LogP contribution in [0, 0.1) is 0 Å². The van der Waals surface area contributed by atoms with Crippen LogP contribution in [0.25, 0.3) is 0 Å². The molecular formula is C11H22FN3S2. The molecule has 17 heavy (non-hydrogen) atoms. The van der Waals surface area contributed by atoms with Crippen molar-refractivity contribution in [2.75, 3.05) is 25.4 Å². The molecule has 2 rings (SSSR count). The highest BCUT2D eigenvalue weighted by atomic mass is 32.2. The molecule has 0 aromatic carbocycles. The molecule has 0 aliphatic carbocycles. The largest absolute Gasteiger partial charge is 0.366 e. The average Bonchev–Trinajstić information content (AvgIpc) is 2.91. The molecule has 2 unspecified atom stereocenters. The van der Waals surface area contributed by atoms with Crippen LogP contribution in [-0.2, 0) is 0 Å². The SMILES string of the molecule is CC.NC1NC=C(SCCN2CCC(F)C2)S1. The second-order valence-electron chi connectivity index (χ2n) is 3.70. The Hall–Kier alpha value is 0.0900. The summed E-state index contributed by atoms with van der Waals surface area (Å²) < 4.78 is 14.1. The van der Waals surface area contributed by atoms with Crippen LogP contribution in [-0.4, -0.2) is 42.0 Å². The average molecular weight is 279 g/mol. The van der Waals surface area contributed by atoms with Gasteiger partial charge in [0.2, 0.25) is 0 Å². The van der Waals surface area contributed by atoms with Gasteiger partial charge < -0.3 is 11.1 Å². The van der Waals surface area contributed by atoms with E-state index in [0.29, 0.717) is 13.0 Å². The maximum Gasteiger partial charge on any atom is 0.127 e. The monoisotopic (exact) mass is 279 g/mol. The van der Waals surface area contributed by atoms with Crippen LogP contribution in [0.2, 0.25) is 0 Å². The number of hydrogen-bond acceptors (Lipinski definition) is 5. The molecule has 1 saturated heterocycles. The Kier molecular flexibility index (Phi) is 7.34. The molecule has 0 aromatic heterocycles. The van der Waals surface area contributed by atoms with Crippen molar-refractivity contribution in [3.8, 4) is 0 Å². The fraction of sp³-hybridized carbons (Fsp3) is 0.818. The third-order valence-corrected chi connectivity index (χ3v) is 4.65. The lowest BCUT2D eigenvalue weighted by atomic mass is 10.3. The van der Waals surface area contributed by atoms with E-state index in [-0.39, 0.29) is 5.50 Å². The first-order chi connectivity index (χ1) is 8.24. The van der Waals surface area contributed by atoms with Crippen LogP contribution >= 0.6 is 23.5 Å². The fourth-order valence-corrected chi connectivity index (χ4v) is 3.74. The molecular weight excluding hydrogens is 257 g/mol. The number of thioether (sulfide) groups is 2. The third-order valence-electron chi connectivity index (χ3n) is 2.48. The Bertz CT molecular complexity index is 251. The van der Waals surface area contributed by atoms with Crippen molar-refractivity contribution in [1.82, 2.24) is 10.2 Å². The van der Waals surface area contributed by atoms with E-state index in [4.69, 9.17) is 5.73 Å². The second kappa shape index (κ2) is 8.24. The predicted molar refractivity (Wildman–Crippen MR) is 76.5 cm³/mol. The Morgan fingerprint density at radius 1 is 1.65 bits per heavy atom. The summed E-state index contributed by atoms with van der Waals surface area (Å²) in [5.41, 5.74) is 5.67. The highest BCUT2D eigenvalue weighted by molar-refractivity contribution is 8.22. The van der Waals surface area contributed by atoms with Gasteiger partial charge in [-0.3, -0.25) is 4.90 Å². The van der Waals surface area contributed by atoms with Crippen molar-refractivity contribution in [2.24, 2.45) is 5.73 Å². The number of halogens is 1. The van der Waals surface area contributed by atoms with Crippen LogP contribution in [0.3, 0.4) is 0 Å². The molecule has 3 N–H and O–H groups in total. The smallest absolute Gasteiger partial charge is 0.127 e. The Morgan fingerprint density at radius 2 is 2.41 bits per heavy atom. The molecule has 0 bridgehead atoms. The summed E-state index contributed by atoms with van der Waals surface area (Å²) in [6.07, 6.45) is 2.06. The maximum atomic E-state index is 12.9. The second-order valence-corrected chi connectivity index (χ2v) is 6.28. The normalized spacial score (nSPS) is 28.4. The van der Waals surface area contributed by atoms with E-state index in [1.807, 2.05) is 20.0 Å². The van der Waals surface area contributed by atoms with Crippen LogP contribution in [0.1, 0.15) is 20.3 Å². The number of nitrogens with one attached hydrogen (secondary N) is 1. The molecule has 0 spiro atoms. The molecule has 0 amide bonds. The quantitative estimate of drug-likeness (QED) is 0.825. The van der Waals surface area contributed by atoms with Crippen molar-refractivity contribution < 1.29 is 4.39 Å². The van der Waals surface area contributed by atoms with Crippen molar-refractivity contribution in [3.05, 3.63) is 10.4 Å². The Balaban J connectivity index is 0.000000686. The van der Waals surface area contributed by atoms with Gasteiger partial charge in [-0.1, -0.05) is 25.6 Å². The predicted octanol–water partition coefficient (Wildman–Crippen LogP) is 2.17. The lowest BCUT2D eigenvalue weighted by Crippen LogP contribution is -2.25. The molecule has 2 aliphatic rings. The first-order valence-electron chi connectivity index (χ1n) is 6.12. The summed E-state index contributed by atoms with van der Waals surface area (Å²) in [4.78, 5) is 2.19. The third kappa shape index (κ3) is 5.50. The van der Waals surface area contributed by atoms with Crippen molar-refractivity contribution in [1.29, 1.82) is 0 Å². The zero-order chi connectivity index (χ0) is 12.7. The number of rotatable bonds is 4. The minimum absolute atomic E-state index is 0.00880. The van der Waals surface area contributed by atoms with Gasteiger partial charge in [-0.15, -0.1) is 11.8 Å². The van der Waals surface area contributed by atoms with Gasteiger partial charge in [0.05, 0.1) is 4.24 Å². The Labute approximate surface area is 112 Å². The van der Waals surface area contributed by atoms with E-state index >= 15 is 0 Å². The van der Waals surface area contributed by atoms with Crippen LogP contribution in [0.15, 0.2) is 10.4 Å². The van der Waals surface area contributed by atoms with Crippen molar-refractivity contribution in [2.45, 2.75) is 31.9 Å². The number of likely N-dealkylation sites (tertiary alicyclic amines) is 1. The number of hydrogen-bond donors (Lipinski definition) is 2. The van der Waals surface area contributed by atoms with E-state index < -0.39 is 6.17 Å². The van der Waals surface area contributed by atoms with Crippen molar-refractivity contribution in [3.63, 3.8) is 0 Å². The highest BCUT2D eigenvalue weighted by Gasteiger charge is 2.21. The summed E-state index contributed by atoms with van der Waals surface area (Å²) in [6.45, 7) is 6.49. The molecule has 100 valence electrons. The Morgan fingerprint density at radius 3 is 2.94 bits per heavy atom. The minimum atomic E-state index is -0.606. The minimum Gasteiger partial charge on any atom is -0.366 e. The molecule has 0 aromatic rings. The summed E-state index contributed by atoms with van der Waals surface area (Å²) in [5.74, 6) is 1.01. The van der Waals surface area contributed by atoms with Crippen LogP contribution in [0.4, 0.5) is 4.39 Å². The molecule has 0 radical (unpaired) electrons. The maximum absolute atomic E-state index is 12.9. The summed E-state index contributed by atoms with van der Waals surface area (Å²) in [7, 11) is 0. The van der Waals surface area contributed by atoms with Crippen LogP contribution < -0.4 is 11.1 Å².